The van der Waals surface area contributed by atoms with Gasteiger partial charge in [-0.25, -0.2) is 0 Å². The highest BCUT2D eigenvalue weighted by Crippen LogP contribution is 2.46. The highest BCUT2D eigenvalue weighted by atomic mass is 16.4. The van der Waals surface area contributed by atoms with Gasteiger partial charge in [0.05, 0.1) is 6.04 Å². The molecule has 2 unspecified atom stereocenters. The molecular formula is C36H53BN6O6. The maximum absolute atomic E-state index is 14.0. The van der Waals surface area contributed by atoms with Crippen molar-refractivity contribution in [3.8, 4) is 0 Å². The zero-order valence-corrected chi connectivity index (χ0v) is 28.7. The minimum atomic E-state index is -1.52. The molecule has 49 heavy (non-hydrogen) atoms. The summed E-state index contributed by atoms with van der Waals surface area (Å²) in [5.74, 6) is -2.17. The molecule has 2 saturated heterocycles. The lowest BCUT2D eigenvalue weighted by Crippen LogP contribution is -2.59. The molecule has 0 saturated carbocycles. The van der Waals surface area contributed by atoms with E-state index >= 15 is 0 Å². The standard InChI is InChI=1S/C36H53BN6O6/c1-23(2)19-30(34(45)40-29(15-9-10-18-38)36(47)43-26-16-17-32(43)27(22-26)37(48)49)42-35(46)31(21-25-13-7-4-8-14-25)41-33(44)28(39)20-24-11-5-3-6-12-24/h3-8,11-14,23,26-32,48-49H,9-10,15-22,38-39H2,1-2H3,(H,40,45)(H,41,44)(H,42,46)/t26-,27?,28-,29-,30?,31-,32+/m1/s1. The van der Waals surface area contributed by atoms with Crippen LogP contribution in [0.15, 0.2) is 60.7 Å². The lowest BCUT2D eigenvalue weighted by atomic mass is 9.65. The second-order valence-corrected chi connectivity index (χ2v) is 13.9. The van der Waals surface area contributed by atoms with Crippen molar-refractivity contribution in [1.29, 1.82) is 0 Å². The molecule has 0 aliphatic carbocycles. The van der Waals surface area contributed by atoms with E-state index in [4.69, 9.17) is 11.5 Å². The van der Waals surface area contributed by atoms with Gasteiger partial charge in [-0.15, -0.1) is 0 Å². The van der Waals surface area contributed by atoms with Gasteiger partial charge in [0.1, 0.15) is 18.1 Å². The SMILES string of the molecule is CC(C)CC(NC(=O)[C@@H](Cc1ccccc1)NC(=O)[C@H](N)Cc1ccccc1)C(=O)N[C@H](CCCCN)C(=O)N1[C@@H]2CC[C@H]1C(B(O)O)C2. The summed E-state index contributed by atoms with van der Waals surface area (Å²) in [7, 11) is -1.52. The van der Waals surface area contributed by atoms with Crippen molar-refractivity contribution < 1.29 is 29.2 Å². The molecule has 2 aliphatic rings. The van der Waals surface area contributed by atoms with Crippen LogP contribution in [0.25, 0.3) is 0 Å². The molecule has 4 amide bonds. The Morgan fingerprint density at radius 2 is 1.39 bits per heavy atom. The molecule has 2 aromatic rings. The van der Waals surface area contributed by atoms with Gasteiger partial charge in [-0.05, 0) is 75.0 Å². The average Bonchev–Trinajstić information content (AvgIpc) is 3.66. The fourth-order valence-electron chi connectivity index (χ4n) is 7.18. The Kier molecular flexibility index (Phi) is 14.2. The molecule has 2 bridgehead atoms. The van der Waals surface area contributed by atoms with Crippen LogP contribution in [0.4, 0.5) is 0 Å². The van der Waals surface area contributed by atoms with Crippen LogP contribution in [0.5, 0.6) is 0 Å². The summed E-state index contributed by atoms with van der Waals surface area (Å²) in [5.41, 5.74) is 13.7. The summed E-state index contributed by atoms with van der Waals surface area (Å²) in [6.07, 6.45) is 4.38. The Hall–Kier alpha value is -3.78. The second kappa shape index (κ2) is 18.3. The topological polar surface area (TPSA) is 200 Å². The zero-order chi connectivity index (χ0) is 35.5. The summed E-state index contributed by atoms with van der Waals surface area (Å²) in [6, 6.07) is 14.5. The fraction of sp³-hybridized carbons (Fsp3) is 0.556. The van der Waals surface area contributed by atoms with Crippen LogP contribution < -0.4 is 27.4 Å². The number of nitrogens with zero attached hydrogens (tertiary/aromatic N) is 1. The molecular weight excluding hydrogens is 623 g/mol. The number of carbonyl (C=O) groups is 4. The predicted octanol–water partition coefficient (Wildman–Crippen LogP) is 1.03. The predicted molar refractivity (Wildman–Crippen MR) is 189 cm³/mol. The number of nitrogens with one attached hydrogen (secondary N) is 3. The lowest BCUT2D eigenvalue weighted by molar-refractivity contribution is -0.139. The van der Waals surface area contributed by atoms with E-state index in [1.54, 1.807) is 4.90 Å². The molecule has 2 aromatic carbocycles. The molecule has 12 nitrogen and oxygen atoms in total. The largest absolute Gasteiger partial charge is 0.456 e. The third kappa shape index (κ3) is 10.6. The summed E-state index contributed by atoms with van der Waals surface area (Å²) in [4.78, 5) is 56.8. The Bertz CT molecular complexity index is 1380. The Morgan fingerprint density at radius 3 is 1.96 bits per heavy atom. The van der Waals surface area contributed by atoms with Crippen LogP contribution in [0.1, 0.15) is 69.9 Å². The van der Waals surface area contributed by atoms with E-state index in [1.807, 2.05) is 74.5 Å². The first-order chi connectivity index (χ1) is 23.5. The van der Waals surface area contributed by atoms with Gasteiger partial charge >= 0.3 is 7.12 Å². The number of carbonyl (C=O) groups excluding carboxylic acids is 4. The zero-order valence-electron chi connectivity index (χ0n) is 28.7. The quantitative estimate of drug-likeness (QED) is 0.0897. The highest BCUT2D eigenvalue weighted by Gasteiger charge is 2.53. The van der Waals surface area contributed by atoms with E-state index in [1.165, 1.54) is 0 Å². The number of nitrogens with two attached hydrogens (primary N) is 2. The van der Waals surface area contributed by atoms with Gasteiger partial charge in [-0.2, -0.15) is 0 Å². The van der Waals surface area contributed by atoms with Gasteiger partial charge in [0, 0.05) is 24.3 Å². The molecule has 0 aromatic heterocycles. The number of fused-ring (bicyclic) bond motifs is 2. The van der Waals surface area contributed by atoms with Crippen molar-refractivity contribution in [2.24, 2.45) is 17.4 Å². The van der Waals surface area contributed by atoms with Crippen molar-refractivity contribution in [3.05, 3.63) is 71.8 Å². The van der Waals surface area contributed by atoms with Crippen LogP contribution in [-0.4, -0.2) is 88.5 Å². The minimum absolute atomic E-state index is 0.0186. The molecule has 9 N–H and O–H groups in total. The molecule has 2 aliphatic heterocycles. The van der Waals surface area contributed by atoms with Crippen LogP contribution >= 0.6 is 0 Å². The normalized spacial score (nSPS) is 20.7. The summed E-state index contributed by atoms with van der Waals surface area (Å²) < 4.78 is 0. The number of hydrogen-bond donors (Lipinski definition) is 7. The van der Waals surface area contributed by atoms with Gasteiger partial charge in [-0.3, -0.25) is 19.2 Å². The molecule has 13 heteroatoms. The molecule has 266 valence electrons. The van der Waals surface area contributed by atoms with E-state index in [0.717, 1.165) is 17.5 Å². The second-order valence-electron chi connectivity index (χ2n) is 13.9. The van der Waals surface area contributed by atoms with Crippen LogP contribution in [-0.2, 0) is 32.0 Å². The van der Waals surface area contributed by atoms with E-state index in [0.29, 0.717) is 51.5 Å². The average molecular weight is 677 g/mol. The summed E-state index contributed by atoms with van der Waals surface area (Å²) in [6.45, 7) is 4.31. The first-order valence-electron chi connectivity index (χ1n) is 17.6. The molecule has 0 radical (unpaired) electrons. The number of amides is 4. The molecule has 4 rings (SSSR count). The number of benzene rings is 2. The summed E-state index contributed by atoms with van der Waals surface area (Å²) in [5, 5.41) is 28.5. The van der Waals surface area contributed by atoms with E-state index in [9.17, 15) is 29.2 Å². The van der Waals surface area contributed by atoms with Gasteiger partial charge < -0.3 is 42.4 Å². The molecule has 2 fully saturated rings. The molecule has 7 atom stereocenters. The fourth-order valence-corrected chi connectivity index (χ4v) is 7.18. The number of hydrogen-bond acceptors (Lipinski definition) is 8. The molecule has 0 spiro atoms. The van der Waals surface area contributed by atoms with Crippen LogP contribution in [0.3, 0.4) is 0 Å². The first kappa shape index (κ1) is 38.0. The van der Waals surface area contributed by atoms with Gasteiger partial charge in [-0.1, -0.05) is 74.5 Å². The van der Waals surface area contributed by atoms with E-state index in [2.05, 4.69) is 16.0 Å². The summed E-state index contributed by atoms with van der Waals surface area (Å²) >= 11 is 0. The van der Waals surface area contributed by atoms with Crippen molar-refractivity contribution >= 4 is 30.7 Å². The van der Waals surface area contributed by atoms with E-state index < -0.39 is 54.8 Å². The van der Waals surface area contributed by atoms with Gasteiger partial charge in [0.25, 0.3) is 0 Å². The number of unbranched alkanes of at least 4 members (excludes halogenated alkanes) is 1. The number of rotatable bonds is 18. The van der Waals surface area contributed by atoms with Crippen molar-refractivity contribution in [2.45, 2.75) is 114 Å². The third-order valence-electron chi connectivity index (χ3n) is 9.67. The van der Waals surface area contributed by atoms with E-state index in [-0.39, 0.29) is 30.3 Å². The van der Waals surface area contributed by atoms with Crippen LogP contribution in [0.2, 0.25) is 5.82 Å². The van der Waals surface area contributed by atoms with Gasteiger partial charge in [0.15, 0.2) is 0 Å². The Labute approximate surface area is 289 Å². The maximum Gasteiger partial charge on any atom is 0.456 e. The van der Waals surface area contributed by atoms with Crippen molar-refractivity contribution in [3.63, 3.8) is 0 Å². The first-order valence-corrected chi connectivity index (χ1v) is 17.6. The Balaban J connectivity index is 1.50. The highest BCUT2D eigenvalue weighted by molar-refractivity contribution is 6.43. The maximum atomic E-state index is 14.0. The monoisotopic (exact) mass is 676 g/mol. The Morgan fingerprint density at radius 1 is 0.816 bits per heavy atom. The lowest BCUT2D eigenvalue weighted by Gasteiger charge is -2.31. The third-order valence-corrected chi connectivity index (χ3v) is 9.67. The molecule has 2 heterocycles. The van der Waals surface area contributed by atoms with Crippen LogP contribution in [0, 0.1) is 5.92 Å². The van der Waals surface area contributed by atoms with Crippen molar-refractivity contribution in [2.75, 3.05) is 6.54 Å². The smallest absolute Gasteiger partial charge is 0.427 e. The van der Waals surface area contributed by atoms with Gasteiger partial charge in [0.2, 0.25) is 23.6 Å². The minimum Gasteiger partial charge on any atom is -0.427 e. The van der Waals surface area contributed by atoms with Crippen molar-refractivity contribution in [1.82, 2.24) is 20.9 Å².